The molecular weight excluding hydrogens is 124 g/mol. The van der Waals surface area contributed by atoms with Crippen LogP contribution in [0.5, 0.6) is 5.75 Å². The SMILES string of the molecule is [CH2]Oc1cccc(CC)c1. The Hall–Kier alpha value is -0.980. The largest absolute Gasteiger partial charge is 0.490 e. The van der Waals surface area contributed by atoms with Crippen molar-refractivity contribution in [3.05, 3.63) is 36.9 Å². The normalized spacial score (nSPS) is 9.40. The molecule has 0 spiro atoms. The maximum atomic E-state index is 4.81. The lowest BCUT2D eigenvalue weighted by molar-refractivity contribution is 0.472. The Labute approximate surface area is 61.6 Å². The van der Waals surface area contributed by atoms with E-state index < -0.39 is 0 Å². The monoisotopic (exact) mass is 135 g/mol. The molecule has 53 valence electrons. The molecule has 0 fully saturated rings. The Morgan fingerprint density at radius 1 is 1.50 bits per heavy atom. The Morgan fingerprint density at radius 3 is 2.90 bits per heavy atom. The van der Waals surface area contributed by atoms with Crippen LogP contribution in [0.3, 0.4) is 0 Å². The summed E-state index contributed by atoms with van der Waals surface area (Å²) in [7, 11) is 3.33. The topological polar surface area (TPSA) is 9.23 Å². The van der Waals surface area contributed by atoms with E-state index in [1.165, 1.54) is 5.56 Å². The summed E-state index contributed by atoms with van der Waals surface area (Å²) in [6, 6.07) is 7.93. The highest BCUT2D eigenvalue weighted by atomic mass is 16.5. The molecule has 0 aliphatic rings. The molecule has 0 atom stereocenters. The average molecular weight is 135 g/mol. The third-order valence-electron chi connectivity index (χ3n) is 1.47. The summed E-state index contributed by atoms with van der Waals surface area (Å²) in [4.78, 5) is 0. The van der Waals surface area contributed by atoms with Crippen LogP contribution in [0.2, 0.25) is 0 Å². The highest BCUT2D eigenvalue weighted by Gasteiger charge is 1.90. The average Bonchev–Trinajstić information content (AvgIpc) is 2.05. The number of hydrogen-bond donors (Lipinski definition) is 0. The van der Waals surface area contributed by atoms with Crippen molar-refractivity contribution in [1.82, 2.24) is 0 Å². The molecule has 0 saturated heterocycles. The number of hydrogen-bond acceptors (Lipinski definition) is 1. The van der Waals surface area contributed by atoms with Gasteiger partial charge in [-0.15, -0.1) is 0 Å². The Kier molecular flexibility index (Phi) is 2.32. The Bertz CT molecular complexity index is 186. The summed E-state index contributed by atoms with van der Waals surface area (Å²) in [5.74, 6) is 0.833. The third-order valence-corrected chi connectivity index (χ3v) is 1.47. The Balaban J connectivity index is 2.87. The van der Waals surface area contributed by atoms with E-state index in [1.54, 1.807) is 0 Å². The molecule has 1 aromatic carbocycles. The lowest BCUT2D eigenvalue weighted by Crippen LogP contribution is -1.82. The van der Waals surface area contributed by atoms with Crippen molar-refractivity contribution in [1.29, 1.82) is 0 Å². The van der Waals surface area contributed by atoms with Gasteiger partial charge in [-0.1, -0.05) is 19.1 Å². The fourth-order valence-electron chi connectivity index (χ4n) is 0.855. The van der Waals surface area contributed by atoms with Gasteiger partial charge >= 0.3 is 0 Å². The molecule has 1 radical (unpaired) electrons. The van der Waals surface area contributed by atoms with E-state index in [9.17, 15) is 0 Å². The van der Waals surface area contributed by atoms with Crippen molar-refractivity contribution in [2.24, 2.45) is 0 Å². The summed E-state index contributed by atoms with van der Waals surface area (Å²) in [6.45, 7) is 2.11. The quantitative estimate of drug-likeness (QED) is 0.605. The first kappa shape index (κ1) is 7.13. The molecule has 1 nitrogen and oxygen atoms in total. The first-order valence-corrected chi connectivity index (χ1v) is 3.37. The zero-order chi connectivity index (χ0) is 7.40. The van der Waals surface area contributed by atoms with Crippen LogP contribution in [-0.2, 0) is 6.42 Å². The number of ether oxygens (including phenoxy) is 1. The van der Waals surface area contributed by atoms with Gasteiger partial charge in [0.1, 0.15) is 12.9 Å². The first-order chi connectivity index (χ1) is 4.86. The van der Waals surface area contributed by atoms with Crippen molar-refractivity contribution in [3.63, 3.8) is 0 Å². The number of benzene rings is 1. The van der Waals surface area contributed by atoms with E-state index >= 15 is 0 Å². The minimum Gasteiger partial charge on any atom is -0.490 e. The second-order valence-electron chi connectivity index (χ2n) is 2.15. The molecule has 0 heterocycles. The molecular formula is C9H11O. The van der Waals surface area contributed by atoms with E-state index in [1.807, 2.05) is 18.2 Å². The molecule has 1 rings (SSSR count). The molecule has 1 aromatic rings. The summed E-state index contributed by atoms with van der Waals surface area (Å²) in [5.41, 5.74) is 1.28. The molecule has 0 bridgehead atoms. The van der Waals surface area contributed by atoms with E-state index in [2.05, 4.69) is 20.1 Å². The molecule has 0 aliphatic heterocycles. The minimum absolute atomic E-state index is 0.833. The van der Waals surface area contributed by atoms with E-state index in [4.69, 9.17) is 4.74 Å². The predicted octanol–water partition coefficient (Wildman–Crippen LogP) is 2.42. The summed E-state index contributed by atoms with van der Waals surface area (Å²) in [6.07, 6.45) is 1.04. The fourth-order valence-corrected chi connectivity index (χ4v) is 0.855. The second-order valence-corrected chi connectivity index (χ2v) is 2.15. The van der Waals surface area contributed by atoms with Gasteiger partial charge in [-0.25, -0.2) is 0 Å². The van der Waals surface area contributed by atoms with Crippen molar-refractivity contribution in [2.75, 3.05) is 0 Å². The van der Waals surface area contributed by atoms with Crippen LogP contribution in [0, 0.1) is 7.11 Å². The smallest absolute Gasteiger partial charge is 0.122 e. The highest BCUT2D eigenvalue weighted by molar-refractivity contribution is 5.28. The second kappa shape index (κ2) is 3.25. The lowest BCUT2D eigenvalue weighted by atomic mass is 10.2. The van der Waals surface area contributed by atoms with Gasteiger partial charge in [-0.05, 0) is 24.1 Å². The zero-order valence-electron chi connectivity index (χ0n) is 6.13. The summed E-state index contributed by atoms with van der Waals surface area (Å²) < 4.78 is 4.81. The van der Waals surface area contributed by atoms with Gasteiger partial charge in [0.05, 0.1) is 0 Å². The number of aryl methyl sites for hydroxylation is 1. The van der Waals surface area contributed by atoms with Gasteiger partial charge in [0.15, 0.2) is 0 Å². The van der Waals surface area contributed by atoms with Crippen LogP contribution in [0.4, 0.5) is 0 Å². The zero-order valence-corrected chi connectivity index (χ0v) is 6.13. The van der Waals surface area contributed by atoms with Crippen LogP contribution in [0.15, 0.2) is 24.3 Å². The summed E-state index contributed by atoms with van der Waals surface area (Å²) in [5, 5.41) is 0. The molecule has 10 heavy (non-hydrogen) atoms. The van der Waals surface area contributed by atoms with Crippen molar-refractivity contribution >= 4 is 0 Å². The predicted molar refractivity (Wildman–Crippen MR) is 41.8 cm³/mol. The molecule has 0 N–H and O–H groups in total. The maximum absolute atomic E-state index is 4.81. The lowest BCUT2D eigenvalue weighted by Gasteiger charge is -1.99. The fraction of sp³-hybridized carbons (Fsp3) is 0.222. The van der Waals surface area contributed by atoms with Gasteiger partial charge in [0.2, 0.25) is 0 Å². The molecule has 1 heteroatoms. The van der Waals surface area contributed by atoms with Crippen LogP contribution in [0.25, 0.3) is 0 Å². The van der Waals surface area contributed by atoms with Crippen LogP contribution in [0.1, 0.15) is 12.5 Å². The molecule has 0 unspecified atom stereocenters. The van der Waals surface area contributed by atoms with Crippen molar-refractivity contribution < 1.29 is 4.74 Å². The van der Waals surface area contributed by atoms with Crippen molar-refractivity contribution in [2.45, 2.75) is 13.3 Å². The van der Waals surface area contributed by atoms with Gasteiger partial charge in [0, 0.05) is 0 Å². The van der Waals surface area contributed by atoms with Crippen molar-refractivity contribution in [3.8, 4) is 5.75 Å². The van der Waals surface area contributed by atoms with Gasteiger partial charge < -0.3 is 4.74 Å². The third kappa shape index (κ3) is 1.50. The van der Waals surface area contributed by atoms with Crippen LogP contribution < -0.4 is 4.74 Å². The maximum Gasteiger partial charge on any atom is 0.122 e. The molecule has 0 aliphatic carbocycles. The standard InChI is InChI=1S/C9H11O/c1-3-8-5-4-6-9(7-8)10-2/h4-7H,2-3H2,1H3. The molecule has 0 saturated carbocycles. The van der Waals surface area contributed by atoms with Gasteiger partial charge in [0.25, 0.3) is 0 Å². The van der Waals surface area contributed by atoms with E-state index in [0.29, 0.717) is 0 Å². The number of rotatable bonds is 2. The molecule has 0 aromatic heterocycles. The van der Waals surface area contributed by atoms with Gasteiger partial charge in [-0.2, -0.15) is 0 Å². The highest BCUT2D eigenvalue weighted by Crippen LogP contribution is 2.12. The van der Waals surface area contributed by atoms with Crippen LogP contribution >= 0.6 is 0 Å². The summed E-state index contributed by atoms with van der Waals surface area (Å²) >= 11 is 0. The molecule has 0 amide bonds. The van der Waals surface area contributed by atoms with Crippen LogP contribution in [-0.4, -0.2) is 0 Å². The van der Waals surface area contributed by atoms with E-state index in [-0.39, 0.29) is 0 Å². The first-order valence-electron chi connectivity index (χ1n) is 3.37. The Morgan fingerprint density at radius 2 is 2.30 bits per heavy atom. The van der Waals surface area contributed by atoms with E-state index in [0.717, 1.165) is 12.2 Å². The minimum atomic E-state index is 0.833. The van der Waals surface area contributed by atoms with Gasteiger partial charge in [-0.3, -0.25) is 0 Å².